The zero-order valence-electron chi connectivity index (χ0n) is 10.8. The van der Waals surface area contributed by atoms with E-state index in [1.165, 1.54) is 12.8 Å². The lowest BCUT2D eigenvalue weighted by atomic mass is 9.82. The minimum Gasteiger partial charge on any atom is -0.326 e. The lowest BCUT2D eigenvalue weighted by Crippen LogP contribution is -2.26. The van der Waals surface area contributed by atoms with E-state index in [9.17, 15) is 4.79 Å². The number of amides is 1. The van der Waals surface area contributed by atoms with Crippen molar-refractivity contribution < 1.29 is 4.79 Å². The van der Waals surface area contributed by atoms with Crippen LogP contribution >= 0.6 is 11.6 Å². The fraction of sp³-hybridized carbons (Fsp3) is 0.533. The Labute approximate surface area is 114 Å². The summed E-state index contributed by atoms with van der Waals surface area (Å²) in [5, 5.41) is 3.00. The third-order valence-electron chi connectivity index (χ3n) is 3.74. The molecule has 2 rings (SSSR count). The van der Waals surface area contributed by atoms with Crippen LogP contribution in [0, 0.1) is 11.8 Å². The summed E-state index contributed by atoms with van der Waals surface area (Å²) in [6.07, 6.45) is 4.37. The predicted octanol–water partition coefficient (Wildman–Crippen LogP) is 4.19. The average molecular weight is 266 g/mol. The third-order valence-corrected chi connectivity index (χ3v) is 4.04. The van der Waals surface area contributed by atoms with E-state index in [1.54, 1.807) is 0 Å². The monoisotopic (exact) mass is 265 g/mol. The van der Waals surface area contributed by atoms with Gasteiger partial charge in [-0.2, -0.15) is 0 Å². The molecule has 0 aromatic heterocycles. The Bertz CT molecular complexity index is 411. The fourth-order valence-electron chi connectivity index (χ4n) is 2.50. The van der Waals surface area contributed by atoms with E-state index in [0.29, 0.717) is 5.88 Å². The van der Waals surface area contributed by atoms with Gasteiger partial charge in [0, 0.05) is 17.5 Å². The largest absolute Gasteiger partial charge is 0.326 e. The normalized spacial score (nSPS) is 23.7. The molecule has 0 atom stereocenters. The number of nitrogens with one attached hydrogen (secondary N) is 1. The van der Waals surface area contributed by atoms with Crippen molar-refractivity contribution >= 4 is 23.2 Å². The first-order chi connectivity index (χ1) is 8.69. The molecule has 1 aliphatic rings. The molecule has 3 heteroatoms. The average Bonchev–Trinajstić information content (AvgIpc) is 2.39. The van der Waals surface area contributed by atoms with Crippen LogP contribution in [0.5, 0.6) is 0 Å². The number of hydrogen-bond acceptors (Lipinski definition) is 1. The molecule has 1 fully saturated rings. The van der Waals surface area contributed by atoms with Gasteiger partial charge in [-0.3, -0.25) is 4.79 Å². The second-order valence-corrected chi connectivity index (χ2v) is 5.55. The van der Waals surface area contributed by atoms with Crippen LogP contribution in [0.15, 0.2) is 24.3 Å². The van der Waals surface area contributed by atoms with Gasteiger partial charge in [0.25, 0.3) is 0 Å². The summed E-state index contributed by atoms with van der Waals surface area (Å²) in [7, 11) is 0. The Morgan fingerprint density at radius 1 is 1.33 bits per heavy atom. The second kappa shape index (κ2) is 6.24. The van der Waals surface area contributed by atoms with E-state index in [0.717, 1.165) is 30.0 Å². The minimum absolute atomic E-state index is 0.161. The maximum absolute atomic E-state index is 12.1. The van der Waals surface area contributed by atoms with Crippen LogP contribution in [0.1, 0.15) is 38.2 Å². The smallest absolute Gasteiger partial charge is 0.227 e. The molecule has 1 aromatic rings. The Kier molecular flexibility index (Phi) is 4.65. The molecule has 0 heterocycles. The van der Waals surface area contributed by atoms with E-state index in [1.807, 2.05) is 24.3 Å². The first-order valence-electron chi connectivity index (χ1n) is 6.65. The van der Waals surface area contributed by atoms with Crippen LogP contribution in [0.2, 0.25) is 0 Å². The molecule has 0 bridgehead atoms. The maximum atomic E-state index is 12.1. The van der Waals surface area contributed by atoms with Gasteiger partial charge in [-0.25, -0.2) is 0 Å². The standard InChI is InChI=1S/C15H20ClNO/c1-11-5-7-13(8-6-11)15(18)17-14-4-2-3-12(9-14)10-16/h2-4,9,11,13H,5-8,10H2,1H3,(H,17,18). The van der Waals surface area contributed by atoms with E-state index in [2.05, 4.69) is 12.2 Å². The first kappa shape index (κ1) is 13.4. The summed E-state index contributed by atoms with van der Waals surface area (Å²) in [6, 6.07) is 7.75. The summed E-state index contributed by atoms with van der Waals surface area (Å²) >= 11 is 5.79. The molecule has 1 aliphatic carbocycles. The van der Waals surface area contributed by atoms with Crippen molar-refractivity contribution in [3.63, 3.8) is 0 Å². The highest BCUT2D eigenvalue weighted by molar-refractivity contribution is 6.17. The number of rotatable bonds is 3. The zero-order chi connectivity index (χ0) is 13.0. The van der Waals surface area contributed by atoms with Crippen molar-refractivity contribution in [2.45, 2.75) is 38.5 Å². The molecule has 0 unspecified atom stereocenters. The molecule has 98 valence electrons. The number of carbonyl (C=O) groups is 1. The Morgan fingerprint density at radius 3 is 2.72 bits per heavy atom. The van der Waals surface area contributed by atoms with Crippen LogP contribution in [-0.4, -0.2) is 5.91 Å². The van der Waals surface area contributed by atoms with Crippen LogP contribution in [0.25, 0.3) is 0 Å². The van der Waals surface area contributed by atoms with Crippen LogP contribution in [-0.2, 0) is 10.7 Å². The molecule has 0 saturated heterocycles. The molecule has 1 saturated carbocycles. The quantitative estimate of drug-likeness (QED) is 0.816. The Hall–Kier alpha value is -1.02. The number of anilines is 1. The molecule has 1 N–H and O–H groups in total. The summed E-state index contributed by atoms with van der Waals surface area (Å²) in [5.41, 5.74) is 1.89. The number of alkyl halides is 1. The highest BCUT2D eigenvalue weighted by Gasteiger charge is 2.24. The summed E-state index contributed by atoms with van der Waals surface area (Å²) in [6.45, 7) is 2.26. The topological polar surface area (TPSA) is 29.1 Å². The van der Waals surface area contributed by atoms with Gasteiger partial charge in [0.05, 0.1) is 0 Å². The van der Waals surface area contributed by atoms with Gasteiger partial charge >= 0.3 is 0 Å². The number of hydrogen-bond donors (Lipinski definition) is 1. The van der Waals surface area contributed by atoms with E-state index in [4.69, 9.17) is 11.6 Å². The molecule has 2 nitrogen and oxygen atoms in total. The van der Waals surface area contributed by atoms with E-state index < -0.39 is 0 Å². The molecule has 18 heavy (non-hydrogen) atoms. The van der Waals surface area contributed by atoms with Gasteiger partial charge in [-0.05, 0) is 49.3 Å². The SMILES string of the molecule is CC1CCC(C(=O)Nc2cccc(CCl)c2)CC1. The van der Waals surface area contributed by atoms with Gasteiger partial charge in [0.1, 0.15) is 0 Å². The van der Waals surface area contributed by atoms with Crippen molar-refractivity contribution in [3.05, 3.63) is 29.8 Å². The van der Waals surface area contributed by atoms with Gasteiger partial charge in [-0.1, -0.05) is 19.1 Å². The molecule has 1 aromatic carbocycles. The number of carbonyl (C=O) groups excluding carboxylic acids is 1. The predicted molar refractivity (Wildman–Crippen MR) is 75.8 cm³/mol. The van der Waals surface area contributed by atoms with Gasteiger partial charge in [-0.15, -0.1) is 11.6 Å². The van der Waals surface area contributed by atoms with Gasteiger partial charge in [0.15, 0.2) is 0 Å². The van der Waals surface area contributed by atoms with Gasteiger partial charge < -0.3 is 5.32 Å². The molecule has 0 radical (unpaired) electrons. The van der Waals surface area contributed by atoms with Crippen molar-refractivity contribution in [3.8, 4) is 0 Å². The van der Waals surface area contributed by atoms with E-state index >= 15 is 0 Å². The molecular weight excluding hydrogens is 246 g/mol. The van der Waals surface area contributed by atoms with Crippen LogP contribution < -0.4 is 5.32 Å². The van der Waals surface area contributed by atoms with Crippen molar-refractivity contribution in [2.24, 2.45) is 11.8 Å². The van der Waals surface area contributed by atoms with Crippen LogP contribution in [0.3, 0.4) is 0 Å². The molecule has 1 amide bonds. The number of halogens is 1. The highest BCUT2D eigenvalue weighted by Crippen LogP contribution is 2.29. The second-order valence-electron chi connectivity index (χ2n) is 5.28. The van der Waals surface area contributed by atoms with Crippen molar-refractivity contribution in [1.29, 1.82) is 0 Å². The third kappa shape index (κ3) is 3.49. The Balaban J connectivity index is 1.94. The lowest BCUT2D eigenvalue weighted by molar-refractivity contribution is -0.121. The van der Waals surface area contributed by atoms with Crippen molar-refractivity contribution in [2.75, 3.05) is 5.32 Å². The number of benzene rings is 1. The Morgan fingerprint density at radius 2 is 2.06 bits per heavy atom. The fourth-order valence-corrected chi connectivity index (χ4v) is 2.67. The first-order valence-corrected chi connectivity index (χ1v) is 7.18. The summed E-state index contributed by atoms with van der Waals surface area (Å²) < 4.78 is 0. The zero-order valence-corrected chi connectivity index (χ0v) is 11.5. The van der Waals surface area contributed by atoms with Crippen molar-refractivity contribution in [1.82, 2.24) is 0 Å². The molecule has 0 spiro atoms. The minimum atomic E-state index is 0.161. The molecule has 0 aliphatic heterocycles. The molecular formula is C15H20ClNO. The maximum Gasteiger partial charge on any atom is 0.227 e. The van der Waals surface area contributed by atoms with Crippen LogP contribution in [0.4, 0.5) is 5.69 Å². The summed E-state index contributed by atoms with van der Waals surface area (Å²) in [5.74, 6) is 1.59. The van der Waals surface area contributed by atoms with E-state index in [-0.39, 0.29) is 11.8 Å². The highest BCUT2D eigenvalue weighted by atomic mass is 35.5. The van der Waals surface area contributed by atoms with Gasteiger partial charge in [0.2, 0.25) is 5.91 Å². The summed E-state index contributed by atoms with van der Waals surface area (Å²) in [4.78, 5) is 12.1. The lowest BCUT2D eigenvalue weighted by Gasteiger charge is -2.25.